The summed E-state index contributed by atoms with van der Waals surface area (Å²) in [6, 6.07) is 7.65. The highest BCUT2D eigenvalue weighted by Gasteiger charge is 2.07. The van der Waals surface area contributed by atoms with Gasteiger partial charge in [-0.2, -0.15) is 0 Å². The number of carbonyl (C=O) groups is 1. The van der Waals surface area contributed by atoms with E-state index in [1.807, 2.05) is 38.1 Å². The molecule has 1 aromatic carbocycles. The Balaban J connectivity index is 2.46. The van der Waals surface area contributed by atoms with E-state index in [1.54, 1.807) is 0 Å². The number of ether oxygens (including phenoxy) is 1. The monoisotopic (exact) mass is 304 g/mol. The minimum Gasteiger partial charge on any atom is -0.486 e. The molecule has 0 unspecified atom stereocenters. The van der Waals surface area contributed by atoms with Crippen molar-refractivity contribution in [2.45, 2.75) is 13.8 Å². The van der Waals surface area contributed by atoms with Crippen LogP contribution in [-0.2, 0) is 4.79 Å². The summed E-state index contributed by atoms with van der Waals surface area (Å²) in [5, 5.41) is 0. The molecular weight excluding hydrogens is 291 g/mol. The van der Waals surface area contributed by atoms with E-state index in [9.17, 15) is 4.79 Å². The minimum absolute atomic E-state index is 0.0406. The zero-order valence-electron chi connectivity index (χ0n) is 8.29. The fourth-order valence-corrected chi connectivity index (χ4v) is 1.21. The zero-order valence-corrected chi connectivity index (χ0v) is 10.4. The molecule has 0 N–H and O–H groups in total. The highest BCUT2D eigenvalue weighted by molar-refractivity contribution is 14.1. The summed E-state index contributed by atoms with van der Waals surface area (Å²) in [6.07, 6.45) is 0. The molecule has 0 aliphatic carbocycles. The quantitative estimate of drug-likeness (QED) is 0.800. The second kappa shape index (κ2) is 5.34. The lowest BCUT2D eigenvalue weighted by atomic mass is 10.1. The lowest BCUT2D eigenvalue weighted by molar-refractivity contribution is -0.123. The van der Waals surface area contributed by atoms with Gasteiger partial charge >= 0.3 is 0 Å². The summed E-state index contributed by atoms with van der Waals surface area (Å²) in [7, 11) is 0. The largest absolute Gasteiger partial charge is 0.486 e. The number of carbonyl (C=O) groups excluding carboxylic acids is 1. The molecular formula is C11H13IO2. The van der Waals surface area contributed by atoms with Gasteiger partial charge in [-0.05, 0) is 46.9 Å². The molecule has 0 bridgehead atoms. The fourth-order valence-electron chi connectivity index (χ4n) is 0.852. The van der Waals surface area contributed by atoms with E-state index in [0.29, 0.717) is 0 Å². The number of hydrogen-bond acceptors (Lipinski definition) is 2. The van der Waals surface area contributed by atoms with E-state index < -0.39 is 0 Å². The van der Waals surface area contributed by atoms with Gasteiger partial charge in [0.2, 0.25) is 0 Å². The van der Waals surface area contributed by atoms with Gasteiger partial charge in [0, 0.05) is 9.49 Å². The summed E-state index contributed by atoms with van der Waals surface area (Å²) < 4.78 is 6.49. The molecule has 14 heavy (non-hydrogen) atoms. The molecule has 0 aliphatic heterocycles. The first-order valence-corrected chi connectivity index (χ1v) is 5.58. The van der Waals surface area contributed by atoms with E-state index in [-0.39, 0.29) is 18.3 Å². The average molecular weight is 304 g/mol. The topological polar surface area (TPSA) is 26.3 Å². The first kappa shape index (κ1) is 11.5. The second-order valence-electron chi connectivity index (χ2n) is 3.36. The second-order valence-corrected chi connectivity index (χ2v) is 4.61. The van der Waals surface area contributed by atoms with Gasteiger partial charge in [-0.25, -0.2) is 0 Å². The molecule has 3 heteroatoms. The molecule has 1 aromatic rings. The average Bonchev–Trinajstić information content (AvgIpc) is 2.16. The van der Waals surface area contributed by atoms with Crippen molar-refractivity contribution in [3.63, 3.8) is 0 Å². The number of benzene rings is 1. The lowest BCUT2D eigenvalue weighted by Crippen LogP contribution is -2.16. The lowest BCUT2D eigenvalue weighted by Gasteiger charge is -2.06. The van der Waals surface area contributed by atoms with Gasteiger partial charge in [-0.3, -0.25) is 4.79 Å². The van der Waals surface area contributed by atoms with Crippen LogP contribution in [0.5, 0.6) is 5.75 Å². The molecule has 0 radical (unpaired) electrons. The van der Waals surface area contributed by atoms with E-state index in [1.165, 1.54) is 0 Å². The molecule has 2 nitrogen and oxygen atoms in total. The SMILES string of the molecule is CC(C)C(=O)COc1ccc(I)cc1. The summed E-state index contributed by atoms with van der Waals surface area (Å²) in [5.41, 5.74) is 0. The van der Waals surface area contributed by atoms with Crippen LogP contribution in [-0.4, -0.2) is 12.4 Å². The summed E-state index contributed by atoms with van der Waals surface area (Å²) in [6.45, 7) is 3.91. The van der Waals surface area contributed by atoms with Crippen molar-refractivity contribution in [3.05, 3.63) is 27.8 Å². The number of hydrogen-bond donors (Lipinski definition) is 0. The van der Waals surface area contributed by atoms with Crippen LogP contribution in [0.3, 0.4) is 0 Å². The van der Waals surface area contributed by atoms with Gasteiger partial charge in [0.05, 0.1) is 0 Å². The third-order valence-corrected chi connectivity index (χ3v) is 2.56. The van der Waals surface area contributed by atoms with Crippen molar-refractivity contribution in [3.8, 4) is 5.75 Å². The van der Waals surface area contributed by atoms with Gasteiger partial charge in [-0.15, -0.1) is 0 Å². The van der Waals surface area contributed by atoms with Gasteiger partial charge in [0.15, 0.2) is 5.78 Å². The smallest absolute Gasteiger partial charge is 0.172 e. The van der Waals surface area contributed by atoms with E-state index in [0.717, 1.165) is 9.32 Å². The molecule has 0 saturated carbocycles. The van der Waals surface area contributed by atoms with Gasteiger partial charge < -0.3 is 4.74 Å². The normalized spacial score (nSPS) is 10.3. The molecule has 0 aromatic heterocycles. The van der Waals surface area contributed by atoms with Crippen molar-refractivity contribution in [2.24, 2.45) is 5.92 Å². The van der Waals surface area contributed by atoms with Gasteiger partial charge in [-0.1, -0.05) is 13.8 Å². The van der Waals surface area contributed by atoms with Crippen LogP contribution < -0.4 is 4.74 Å². The first-order chi connectivity index (χ1) is 6.59. The molecule has 0 spiro atoms. The van der Waals surface area contributed by atoms with Crippen molar-refractivity contribution < 1.29 is 9.53 Å². The van der Waals surface area contributed by atoms with Crippen molar-refractivity contribution in [1.82, 2.24) is 0 Å². The predicted molar refractivity (Wildman–Crippen MR) is 64.5 cm³/mol. The summed E-state index contributed by atoms with van der Waals surface area (Å²) in [5.74, 6) is 0.918. The Labute approximate surface area is 97.8 Å². The Kier molecular flexibility index (Phi) is 4.38. The molecule has 0 fully saturated rings. The van der Waals surface area contributed by atoms with Crippen LogP contribution >= 0.6 is 22.6 Å². The maximum Gasteiger partial charge on any atom is 0.172 e. The summed E-state index contributed by atoms with van der Waals surface area (Å²) >= 11 is 2.23. The number of ketones is 1. The Bertz CT molecular complexity index is 304. The van der Waals surface area contributed by atoms with E-state index >= 15 is 0 Å². The third kappa shape index (κ3) is 3.65. The Morgan fingerprint density at radius 3 is 2.43 bits per heavy atom. The Morgan fingerprint density at radius 1 is 1.36 bits per heavy atom. The van der Waals surface area contributed by atoms with Crippen LogP contribution in [0.2, 0.25) is 0 Å². The molecule has 0 atom stereocenters. The van der Waals surface area contributed by atoms with Crippen LogP contribution in [0.1, 0.15) is 13.8 Å². The van der Waals surface area contributed by atoms with Crippen molar-refractivity contribution in [1.29, 1.82) is 0 Å². The standard InChI is InChI=1S/C11H13IO2/c1-8(2)11(13)7-14-10-5-3-9(12)4-6-10/h3-6,8H,7H2,1-2H3. The number of halogens is 1. The van der Waals surface area contributed by atoms with Crippen LogP contribution in [0.4, 0.5) is 0 Å². The molecule has 0 amide bonds. The zero-order chi connectivity index (χ0) is 10.6. The van der Waals surface area contributed by atoms with E-state index in [4.69, 9.17) is 4.74 Å². The molecule has 1 rings (SSSR count). The van der Waals surface area contributed by atoms with Gasteiger partial charge in [0.1, 0.15) is 12.4 Å². The highest BCUT2D eigenvalue weighted by Crippen LogP contribution is 2.13. The maximum absolute atomic E-state index is 11.3. The fraction of sp³-hybridized carbons (Fsp3) is 0.364. The van der Waals surface area contributed by atoms with Crippen LogP contribution in [0, 0.1) is 9.49 Å². The molecule has 0 heterocycles. The first-order valence-electron chi connectivity index (χ1n) is 4.50. The van der Waals surface area contributed by atoms with Crippen LogP contribution in [0.25, 0.3) is 0 Å². The molecule has 0 saturated heterocycles. The number of rotatable bonds is 4. The minimum atomic E-state index is 0.0406. The molecule has 76 valence electrons. The van der Waals surface area contributed by atoms with E-state index in [2.05, 4.69) is 22.6 Å². The van der Waals surface area contributed by atoms with Crippen molar-refractivity contribution in [2.75, 3.05) is 6.61 Å². The maximum atomic E-state index is 11.3. The molecule has 0 aliphatic rings. The Hall–Kier alpha value is -0.580. The van der Waals surface area contributed by atoms with Crippen molar-refractivity contribution >= 4 is 28.4 Å². The third-order valence-electron chi connectivity index (χ3n) is 1.84. The number of Topliss-reactive ketones (excluding diaryl/α,β-unsaturated/α-hetero) is 1. The Morgan fingerprint density at radius 2 is 1.93 bits per heavy atom. The predicted octanol–water partition coefficient (Wildman–Crippen LogP) is 2.90. The highest BCUT2D eigenvalue weighted by atomic mass is 127. The van der Waals surface area contributed by atoms with Gasteiger partial charge in [0.25, 0.3) is 0 Å². The summed E-state index contributed by atoms with van der Waals surface area (Å²) in [4.78, 5) is 11.3. The van der Waals surface area contributed by atoms with Crippen LogP contribution in [0.15, 0.2) is 24.3 Å².